The van der Waals surface area contributed by atoms with Crippen molar-refractivity contribution in [3.05, 3.63) is 82.5 Å². The third-order valence-electron chi connectivity index (χ3n) is 4.34. The van der Waals surface area contributed by atoms with Gasteiger partial charge in [-0.2, -0.15) is 0 Å². The van der Waals surface area contributed by atoms with Gasteiger partial charge < -0.3 is 15.4 Å². The number of amides is 1. The number of hydrogen-bond donors (Lipinski definition) is 2. The van der Waals surface area contributed by atoms with Crippen molar-refractivity contribution >= 4 is 29.0 Å². The number of aromatic nitrogens is 1. The Morgan fingerprint density at radius 1 is 1.14 bits per heavy atom. The number of nitrogens with zero attached hydrogens (tertiary/aromatic N) is 1. The summed E-state index contributed by atoms with van der Waals surface area (Å²) in [4.78, 5) is 16.8. The summed E-state index contributed by atoms with van der Waals surface area (Å²) in [6.07, 6.45) is 2.40. The van der Waals surface area contributed by atoms with Crippen molar-refractivity contribution in [2.24, 2.45) is 0 Å². The Morgan fingerprint density at radius 3 is 2.75 bits per heavy atom. The predicted molar refractivity (Wildman–Crippen MR) is 114 cm³/mol. The Balaban J connectivity index is 1.61. The van der Waals surface area contributed by atoms with Crippen molar-refractivity contribution in [2.45, 2.75) is 13.3 Å². The molecule has 0 atom stereocenters. The zero-order chi connectivity index (χ0) is 19.9. The maximum absolute atomic E-state index is 12.5. The molecule has 1 amide bonds. The van der Waals surface area contributed by atoms with Gasteiger partial charge in [0.25, 0.3) is 5.91 Å². The molecular formula is C22H22ClN3O2. The molecule has 6 heteroatoms. The van der Waals surface area contributed by atoms with Crippen LogP contribution in [0.2, 0.25) is 5.02 Å². The van der Waals surface area contributed by atoms with Gasteiger partial charge in [0.05, 0.1) is 7.11 Å². The zero-order valence-corrected chi connectivity index (χ0v) is 16.6. The molecule has 3 aromatic rings. The fraction of sp³-hybridized carbons (Fsp3) is 0.182. The summed E-state index contributed by atoms with van der Waals surface area (Å²) in [5.41, 5.74) is 3.25. The highest BCUT2D eigenvalue weighted by Crippen LogP contribution is 2.21. The first-order chi connectivity index (χ1) is 13.6. The van der Waals surface area contributed by atoms with E-state index in [2.05, 4.69) is 15.6 Å². The quantitative estimate of drug-likeness (QED) is 0.593. The van der Waals surface area contributed by atoms with Gasteiger partial charge in [-0.05, 0) is 54.8 Å². The van der Waals surface area contributed by atoms with Crippen LogP contribution in [-0.4, -0.2) is 24.5 Å². The summed E-state index contributed by atoms with van der Waals surface area (Å²) >= 11 is 6.12. The van der Waals surface area contributed by atoms with Crippen molar-refractivity contribution in [3.8, 4) is 5.75 Å². The highest BCUT2D eigenvalue weighted by atomic mass is 35.5. The predicted octanol–water partition coefficient (Wildman–Crippen LogP) is 4.96. The number of carbonyl (C=O) groups excluding carboxylic acids is 1. The zero-order valence-electron chi connectivity index (χ0n) is 15.8. The number of pyridine rings is 1. The molecule has 0 bridgehead atoms. The summed E-state index contributed by atoms with van der Waals surface area (Å²) in [5.74, 6) is 1.29. The van der Waals surface area contributed by atoms with E-state index in [1.165, 1.54) is 0 Å². The van der Waals surface area contributed by atoms with Gasteiger partial charge in [0.15, 0.2) is 0 Å². The molecule has 144 valence electrons. The van der Waals surface area contributed by atoms with Crippen LogP contribution < -0.4 is 15.4 Å². The maximum atomic E-state index is 12.5. The van der Waals surface area contributed by atoms with E-state index in [0.717, 1.165) is 23.3 Å². The molecule has 0 unspecified atom stereocenters. The van der Waals surface area contributed by atoms with E-state index >= 15 is 0 Å². The van der Waals surface area contributed by atoms with Gasteiger partial charge in [-0.1, -0.05) is 35.9 Å². The van der Waals surface area contributed by atoms with E-state index in [4.69, 9.17) is 16.3 Å². The van der Waals surface area contributed by atoms with Gasteiger partial charge in [-0.15, -0.1) is 0 Å². The number of halogens is 1. The summed E-state index contributed by atoms with van der Waals surface area (Å²) in [7, 11) is 1.66. The van der Waals surface area contributed by atoms with Gasteiger partial charge in [0.2, 0.25) is 0 Å². The monoisotopic (exact) mass is 395 g/mol. The van der Waals surface area contributed by atoms with Crippen LogP contribution in [0.25, 0.3) is 0 Å². The molecule has 0 radical (unpaired) electrons. The normalized spacial score (nSPS) is 10.4. The largest absolute Gasteiger partial charge is 0.496 e. The number of benzene rings is 2. The number of rotatable bonds is 7. The SMILES string of the molecule is COc1ccccc1CCNc1cc(C(=O)Nc2ccc(C)c(Cl)c2)ccn1. The Kier molecular flexibility index (Phi) is 6.50. The van der Waals surface area contributed by atoms with E-state index in [0.29, 0.717) is 28.6 Å². The molecule has 0 spiro atoms. The van der Waals surface area contributed by atoms with Crippen LogP contribution in [0.1, 0.15) is 21.5 Å². The maximum Gasteiger partial charge on any atom is 0.255 e. The number of hydrogen-bond acceptors (Lipinski definition) is 4. The third kappa shape index (κ3) is 5.02. The van der Waals surface area contributed by atoms with Crippen LogP contribution >= 0.6 is 11.6 Å². The fourth-order valence-corrected chi connectivity index (χ4v) is 2.96. The van der Waals surface area contributed by atoms with Gasteiger partial charge in [-0.25, -0.2) is 4.98 Å². The first kappa shape index (κ1) is 19.7. The Hall–Kier alpha value is -3.05. The number of aryl methyl sites for hydroxylation is 1. The van der Waals surface area contributed by atoms with Gasteiger partial charge in [-0.3, -0.25) is 4.79 Å². The van der Waals surface area contributed by atoms with Gasteiger partial charge >= 0.3 is 0 Å². The van der Waals surface area contributed by atoms with Crippen LogP contribution in [0, 0.1) is 6.92 Å². The number of methoxy groups -OCH3 is 1. The van der Waals surface area contributed by atoms with E-state index in [9.17, 15) is 4.79 Å². The molecule has 2 N–H and O–H groups in total. The molecule has 0 aliphatic carbocycles. The minimum Gasteiger partial charge on any atom is -0.496 e. The molecule has 1 aromatic heterocycles. The van der Waals surface area contributed by atoms with Crippen molar-refractivity contribution in [1.82, 2.24) is 4.98 Å². The van der Waals surface area contributed by atoms with Gasteiger partial charge in [0, 0.05) is 29.0 Å². The van der Waals surface area contributed by atoms with E-state index < -0.39 is 0 Å². The second kappa shape index (κ2) is 9.24. The molecule has 3 rings (SSSR count). The summed E-state index contributed by atoms with van der Waals surface area (Å²) in [6, 6.07) is 16.7. The lowest BCUT2D eigenvalue weighted by atomic mass is 10.1. The van der Waals surface area contributed by atoms with Crippen LogP contribution in [0.15, 0.2) is 60.8 Å². The minimum absolute atomic E-state index is 0.213. The van der Waals surface area contributed by atoms with Crippen LogP contribution in [-0.2, 0) is 6.42 Å². The number of ether oxygens (including phenoxy) is 1. The Bertz CT molecular complexity index is 976. The summed E-state index contributed by atoms with van der Waals surface area (Å²) in [6.45, 7) is 2.59. The summed E-state index contributed by atoms with van der Waals surface area (Å²) in [5, 5.41) is 6.72. The van der Waals surface area contributed by atoms with Crippen molar-refractivity contribution in [1.29, 1.82) is 0 Å². The van der Waals surface area contributed by atoms with E-state index in [1.807, 2.05) is 43.3 Å². The first-order valence-corrected chi connectivity index (χ1v) is 9.34. The van der Waals surface area contributed by atoms with Crippen molar-refractivity contribution in [3.63, 3.8) is 0 Å². The second-order valence-electron chi connectivity index (χ2n) is 6.34. The molecule has 5 nitrogen and oxygen atoms in total. The average molecular weight is 396 g/mol. The minimum atomic E-state index is -0.213. The fourth-order valence-electron chi connectivity index (χ4n) is 2.78. The van der Waals surface area contributed by atoms with Crippen LogP contribution in [0.3, 0.4) is 0 Å². The van der Waals surface area contributed by atoms with Crippen molar-refractivity contribution < 1.29 is 9.53 Å². The molecule has 1 heterocycles. The third-order valence-corrected chi connectivity index (χ3v) is 4.75. The smallest absolute Gasteiger partial charge is 0.255 e. The van der Waals surface area contributed by atoms with E-state index in [-0.39, 0.29) is 5.91 Å². The lowest BCUT2D eigenvalue weighted by Gasteiger charge is -2.10. The lowest BCUT2D eigenvalue weighted by Crippen LogP contribution is -2.13. The topological polar surface area (TPSA) is 63.2 Å². The molecule has 0 saturated carbocycles. The van der Waals surface area contributed by atoms with Crippen LogP contribution in [0.5, 0.6) is 5.75 Å². The van der Waals surface area contributed by atoms with Crippen LogP contribution in [0.4, 0.5) is 11.5 Å². The highest BCUT2D eigenvalue weighted by Gasteiger charge is 2.09. The second-order valence-corrected chi connectivity index (χ2v) is 6.74. The standard InChI is InChI=1S/C22H22ClN3O2/c1-15-7-8-18(14-19(15)23)26-22(27)17-10-12-25-21(13-17)24-11-9-16-5-3-4-6-20(16)28-2/h3-8,10,12-14H,9,11H2,1-2H3,(H,24,25)(H,26,27). The number of carbonyl (C=O) groups is 1. The average Bonchev–Trinajstić information content (AvgIpc) is 2.71. The molecule has 0 fully saturated rings. The number of para-hydroxylation sites is 1. The highest BCUT2D eigenvalue weighted by molar-refractivity contribution is 6.31. The molecule has 0 saturated heterocycles. The molecule has 2 aromatic carbocycles. The molecule has 0 aliphatic rings. The van der Waals surface area contributed by atoms with Crippen molar-refractivity contribution in [2.75, 3.05) is 24.3 Å². The number of anilines is 2. The molecule has 28 heavy (non-hydrogen) atoms. The van der Waals surface area contributed by atoms with Gasteiger partial charge in [0.1, 0.15) is 11.6 Å². The Morgan fingerprint density at radius 2 is 1.96 bits per heavy atom. The Labute approximate surface area is 169 Å². The number of nitrogens with one attached hydrogen (secondary N) is 2. The first-order valence-electron chi connectivity index (χ1n) is 8.96. The lowest BCUT2D eigenvalue weighted by molar-refractivity contribution is 0.102. The molecular weight excluding hydrogens is 374 g/mol. The summed E-state index contributed by atoms with van der Waals surface area (Å²) < 4.78 is 5.37. The van der Waals surface area contributed by atoms with E-state index in [1.54, 1.807) is 31.5 Å². The molecule has 0 aliphatic heterocycles.